The summed E-state index contributed by atoms with van der Waals surface area (Å²) in [5, 5.41) is 122. The molecule has 14 N–H and O–H groups in total. The molecule has 22 nitrogen and oxygen atoms in total. The summed E-state index contributed by atoms with van der Waals surface area (Å²) in [6, 6.07) is 41.7. The van der Waals surface area contributed by atoms with E-state index in [0.29, 0.717) is 90.7 Å². The second-order valence-electron chi connectivity index (χ2n) is 23.8. The third-order valence-corrected chi connectivity index (χ3v) is 21.0. The van der Waals surface area contributed by atoms with Crippen LogP contribution in [0.5, 0.6) is 17.2 Å². The van der Waals surface area contributed by atoms with Gasteiger partial charge in [-0.05, 0) is 144 Å². The summed E-state index contributed by atoms with van der Waals surface area (Å²) in [5.74, 6) is 3.40. The summed E-state index contributed by atoms with van der Waals surface area (Å²) in [7, 11) is 0. The molecule has 508 valence electrons. The van der Waals surface area contributed by atoms with Crippen LogP contribution in [-0.2, 0) is 14.2 Å². The van der Waals surface area contributed by atoms with Crippen molar-refractivity contribution in [1.29, 1.82) is 0 Å². The number of rotatable bonds is 25. The Kier molecular flexibility index (Phi) is 23.0. The first-order chi connectivity index (χ1) is 46.7. The smallest absolute Gasteiger partial charge is 0.132 e. The topological polar surface area (TPSA) is 356 Å². The predicted molar refractivity (Wildman–Crippen MR) is 370 cm³/mol. The number of fused-ring (bicyclic) bond motifs is 8. The van der Waals surface area contributed by atoms with Crippen molar-refractivity contribution in [1.82, 2.24) is 19.9 Å². The van der Waals surface area contributed by atoms with Crippen molar-refractivity contribution in [3.05, 3.63) is 150 Å². The number of hydrogen-bond acceptors (Lipinski definition) is 23. The summed E-state index contributed by atoms with van der Waals surface area (Å²) >= 11 is 3.82. The zero-order valence-electron chi connectivity index (χ0n) is 52.0. The van der Waals surface area contributed by atoms with E-state index >= 15 is 0 Å². The second-order valence-corrected chi connectivity index (χ2v) is 27.4. The van der Waals surface area contributed by atoms with Gasteiger partial charge in [-0.1, -0.05) is 66.7 Å². The Morgan fingerprint density at radius 2 is 0.604 bits per heavy atom. The number of nitrogens with zero attached hydrogens (tertiary/aromatic N) is 2. The molecule has 0 saturated carbocycles. The van der Waals surface area contributed by atoms with Crippen molar-refractivity contribution in [3.8, 4) is 61.8 Å². The molecule has 7 aromatic rings. The van der Waals surface area contributed by atoms with Gasteiger partial charge in [0.05, 0.1) is 62.4 Å². The normalized spacial score (nSPS) is 26.4. The number of aromatic nitrogens is 4. The van der Waals surface area contributed by atoms with Gasteiger partial charge in [0.2, 0.25) is 0 Å². The van der Waals surface area contributed by atoms with Gasteiger partial charge in [-0.15, -0.1) is 35.3 Å². The van der Waals surface area contributed by atoms with Crippen LogP contribution in [0.2, 0.25) is 0 Å². The number of nitrogens with one attached hydrogen (secondary N) is 2. The van der Waals surface area contributed by atoms with Crippen molar-refractivity contribution in [2.75, 3.05) is 56.9 Å². The fourth-order valence-electron chi connectivity index (χ4n) is 12.1. The minimum absolute atomic E-state index is 0.329. The molecule has 12 rings (SSSR count). The summed E-state index contributed by atoms with van der Waals surface area (Å²) in [5.41, 5.74) is 10.2. The second kappa shape index (κ2) is 31.9. The molecule has 15 atom stereocenters. The minimum Gasteiger partial charge on any atom is -0.494 e. The number of thioether (sulfide) groups is 3. The molecule has 5 aliphatic heterocycles. The Labute approximate surface area is 565 Å². The third-order valence-electron chi connectivity index (χ3n) is 17.3. The molecule has 96 heavy (non-hydrogen) atoms. The molecule has 5 aliphatic rings. The van der Waals surface area contributed by atoms with Crippen LogP contribution >= 0.6 is 35.3 Å². The molecule has 0 spiro atoms. The van der Waals surface area contributed by atoms with Crippen LogP contribution in [0.1, 0.15) is 42.0 Å². The molecule has 8 bridgehead atoms. The Hall–Kier alpha value is -6.67. The molecular weight excluding hydrogens is 1290 g/mol. The maximum atomic E-state index is 10.6. The van der Waals surface area contributed by atoms with Gasteiger partial charge in [0, 0.05) is 44.3 Å². The van der Waals surface area contributed by atoms with Gasteiger partial charge in [-0.25, -0.2) is 9.97 Å². The fourth-order valence-corrected chi connectivity index (χ4v) is 15.4. The number of aliphatic hydroxyl groups excluding tert-OH is 12. The minimum atomic E-state index is -1.45. The highest BCUT2D eigenvalue weighted by molar-refractivity contribution is 8.00. The average Bonchev–Trinajstić information content (AvgIpc) is 1.62. The first kappa shape index (κ1) is 69.2. The lowest BCUT2D eigenvalue weighted by Crippen LogP contribution is -2.57. The highest BCUT2D eigenvalue weighted by Crippen LogP contribution is 2.41. The Bertz CT molecular complexity index is 3880. The van der Waals surface area contributed by atoms with Crippen LogP contribution in [-0.4, -0.2) is 228 Å². The molecule has 4 aromatic carbocycles. The maximum Gasteiger partial charge on any atom is 0.132 e. The third kappa shape index (κ3) is 15.4. The molecular formula is C71H78N4O18S3. The van der Waals surface area contributed by atoms with E-state index in [2.05, 4.69) is 34.2 Å². The van der Waals surface area contributed by atoms with Gasteiger partial charge in [0.15, 0.2) is 0 Å². The first-order valence-corrected chi connectivity index (χ1v) is 35.0. The predicted octanol–water partition coefficient (Wildman–Crippen LogP) is 6.23. The van der Waals surface area contributed by atoms with E-state index in [-0.39, 0.29) is 0 Å². The molecule has 25 heteroatoms. The van der Waals surface area contributed by atoms with Crippen LogP contribution in [0, 0.1) is 0 Å². The SMILES string of the molecule is OC[C@H]1O[C@H](SCCCOc2ccc(-c3c4nc(c(-c5ccc(OCCCS[C@H]6O[C@H](CO)[C@@H](O)[C@H](O)[C@@H]6O)cc5)c5ccc([nH]5)c(-c5ccccc5)c5nc(c(-c6ccc(OCCCS[C@H]7O[C@H](CO)[C@@H](O)[C@H](O)[C@@H]7O)cc6)c6ccc3[nH]6)C=C5)C=C4)cc2)[C@@H](O)[C@@H](O)[C@H]1O. The van der Waals surface area contributed by atoms with Crippen molar-refractivity contribution in [2.45, 2.75) is 109 Å². The standard InChI is InChI=1S/C71H78N4O18S3/c76-35-53-60(79)63(82)66(85)69(91-53)94-32-4-29-88-42-15-9-39(10-16-42)57-47-23-21-45(72-47)56(38-7-2-1-3-8-38)46-22-24-48(73-46)58(40-11-17-43(18-12-40)89-30-5-33-95-70-67(86)64(83)61(80)54(36-77)92-70)50-26-28-52(75-50)59(51-27-25-49(57)74-51)41-13-19-44(20-14-41)90-31-6-34-96-71-68(87)65(84)62(81)55(37-78)93-71/h1-3,7-28,53-55,60-72,75-87H,4-6,29-37H2/t53-,54-,55-,60-,61-,62+,63+,64+,65+,66+,67+,68+,69-,70-,71-/m1/s1. The summed E-state index contributed by atoms with van der Waals surface area (Å²) in [6.45, 7) is -0.481. The lowest BCUT2D eigenvalue weighted by Gasteiger charge is -2.39. The van der Waals surface area contributed by atoms with E-state index in [9.17, 15) is 61.3 Å². The molecule has 0 radical (unpaired) electrons. The number of aliphatic hydroxyl groups is 12. The fraction of sp³-hybridized carbons (Fsp3) is 0.380. The van der Waals surface area contributed by atoms with E-state index < -0.39 is 109 Å². The zero-order valence-corrected chi connectivity index (χ0v) is 54.5. The molecule has 0 aliphatic carbocycles. The highest BCUT2D eigenvalue weighted by Gasteiger charge is 2.46. The van der Waals surface area contributed by atoms with Crippen LogP contribution in [0.3, 0.4) is 0 Å². The Morgan fingerprint density at radius 3 is 0.875 bits per heavy atom. The number of hydrogen-bond donors (Lipinski definition) is 14. The molecule has 3 saturated heterocycles. The van der Waals surface area contributed by atoms with E-state index in [4.69, 9.17) is 38.4 Å². The summed E-state index contributed by atoms with van der Waals surface area (Å²) < 4.78 is 35.7. The molecule has 0 unspecified atom stereocenters. The highest BCUT2D eigenvalue weighted by atomic mass is 32.2. The zero-order chi connectivity index (χ0) is 67.0. The van der Waals surface area contributed by atoms with Gasteiger partial charge in [-0.3, -0.25) is 0 Å². The monoisotopic (exact) mass is 1370 g/mol. The molecule has 0 amide bonds. The molecule has 3 aromatic heterocycles. The Morgan fingerprint density at radius 1 is 0.333 bits per heavy atom. The average molecular weight is 1370 g/mol. The molecule has 8 heterocycles. The van der Waals surface area contributed by atoms with Crippen molar-refractivity contribution in [3.63, 3.8) is 0 Å². The van der Waals surface area contributed by atoms with Crippen LogP contribution < -0.4 is 14.2 Å². The van der Waals surface area contributed by atoms with Gasteiger partial charge in [-0.2, -0.15) is 0 Å². The van der Waals surface area contributed by atoms with Gasteiger partial charge >= 0.3 is 0 Å². The maximum absolute atomic E-state index is 10.6. The van der Waals surface area contributed by atoms with Gasteiger partial charge < -0.3 is 99.7 Å². The van der Waals surface area contributed by atoms with E-state index in [1.54, 1.807) is 0 Å². The lowest BCUT2D eigenvalue weighted by molar-refractivity contribution is -0.205. The number of benzene rings is 4. The summed E-state index contributed by atoms with van der Waals surface area (Å²) in [6.07, 6.45) is -5.75. The largest absolute Gasteiger partial charge is 0.494 e. The van der Waals surface area contributed by atoms with Crippen LogP contribution in [0.15, 0.2) is 127 Å². The number of H-pyrrole nitrogens is 2. The van der Waals surface area contributed by atoms with Crippen molar-refractivity contribution in [2.24, 2.45) is 0 Å². The lowest BCUT2D eigenvalue weighted by atomic mass is 10.0. The van der Waals surface area contributed by atoms with E-state index in [0.717, 1.165) is 72.3 Å². The van der Waals surface area contributed by atoms with E-state index in [1.807, 2.05) is 127 Å². The number of aromatic amines is 2. The van der Waals surface area contributed by atoms with Crippen LogP contribution in [0.25, 0.3) is 90.9 Å². The van der Waals surface area contributed by atoms with Gasteiger partial charge in [0.1, 0.15) is 107 Å². The van der Waals surface area contributed by atoms with Crippen molar-refractivity contribution < 1.29 is 89.7 Å². The van der Waals surface area contributed by atoms with E-state index in [1.165, 1.54) is 35.3 Å². The molecule has 3 fully saturated rings. The van der Waals surface area contributed by atoms with Crippen molar-refractivity contribution >= 4 is 81.7 Å². The quantitative estimate of drug-likeness (QED) is 0.0282. The number of ether oxygens (including phenoxy) is 6. The summed E-state index contributed by atoms with van der Waals surface area (Å²) in [4.78, 5) is 18.5. The first-order valence-electron chi connectivity index (χ1n) is 31.9. The Balaban J connectivity index is 0.872. The van der Waals surface area contributed by atoms with Gasteiger partial charge in [0.25, 0.3) is 0 Å². The van der Waals surface area contributed by atoms with Crippen LogP contribution in [0.4, 0.5) is 0 Å².